The van der Waals surface area contributed by atoms with Gasteiger partial charge in [-0.05, 0) is 52.6 Å². The third kappa shape index (κ3) is 3.31. The van der Waals surface area contributed by atoms with Gasteiger partial charge in [-0.3, -0.25) is 4.79 Å². The van der Waals surface area contributed by atoms with Gasteiger partial charge in [0, 0.05) is 11.8 Å². The summed E-state index contributed by atoms with van der Waals surface area (Å²) in [4.78, 5) is 11.7. The molecule has 2 aromatic carbocycles. The summed E-state index contributed by atoms with van der Waals surface area (Å²) >= 11 is 0. The van der Waals surface area contributed by atoms with Gasteiger partial charge >= 0.3 is 0 Å². The molecule has 2 aromatic rings. The topological polar surface area (TPSA) is 74.2 Å². The van der Waals surface area contributed by atoms with Crippen LogP contribution in [0.3, 0.4) is 0 Å². The molecule has 1 aliphatic carbocycles. The molecule has 2 atom stereocenters. The summed E-state index contributed by atoms with van der Waals surface area (Å²) in [6.07, 6.45) is 2.59. The van der Waals surface area contributed by atoms with Gasteiger partial charge in [0.1, 0.15) is 6.29 Å². The molecule has 28 heavy (non-hydrogen) atoms. The monoisotopic (exact) mass is 384 g/mol. The average molecular weight is 384 g/mol. The van der Waals surface area contributed by atoms with E-state index in [1.165, 1.54) is 0 Å². The molecule has 148 valence electrons. The van der Waals surface area contributed by atoms with E-state index in [9.17, 15) is 9.90 Å². The second-order valence-corrected chi connectivity index (χ2v) is 6.48. The number of aliphatic hydroxyl groups is 1. The highest BCUT2D eigenvalue weighted by molar-refractivity contribution is 5.86. The molecule has 0 saturated heterocycles. The zero-order valence-corrected chi connectivity index (χ0v) is 16.4. The highest BCUT2D eigenvalue weighted by Crippen LogP contribution is 2.47. The molecule has 6 nitrogen and oxygen atoms in total. The largest absolute Gasteiger partial charge is 0.493 e. The summed E-state index contributed by atoms with van der Waals surface area (Å²) in [5, 5.41) is 10.1. The summed E-state index contributed by atoms with van der Waals surface area (Å²) in [6, 6.07) is 9.36. The average Bonchev–Trinajstić information content (AvgIpc) is 2.75. The SMILES string of the molecule is COc1ccc([C@H]2c3cc(OC)c(OC)cc3C=C(C=O)C2CO)cc1OC. The Morgan fingerprint density at radius 2 is 1.50 bits per heavy atom. The van der Waals surface area contributed by atoms with Crippen molar-refractivity contribution in [2.45, 2.75) is 5.92 Å². The second-order valence-electron chi connectivity index (χ2n) is 6.48. The van der Waals surface area contributed by atoms with Crippen LogP contribution in [0, 0.1) is 5.92 Å². The quantitative estimate of drug-likeness (QED) is 0.740. The van der Waals surface area contributed by atoms with Gasteiger partial charge in [0.25, 0.3) is 0 Å². The molecule has 3 rings (SSSR count). The first-order valence-corrected chi connectivity index (χ1v) is 8.87. The van der Waals surface area contributed by atoms with E-state index in [-0.39, 0.29) is 18.4 Å². The Balaban J connectivity index is 2.24. The van der Waals surface area contributed by atoms with Gasteiger partial charge in [0.05, 0.1) is 35.0 Å². The number of hydrogen-bond donors (Lipinski definition) is 1. The van der Waals surface area contributed by atoms with E-state index in [4.69, 9.17) is 18.9 Å². The van der Waals surface area contributed by atoms with E-state index < -0.39 is 0 Å². The summed E-state index contributed by atoms with van der Waals surface area (Å²) in [5.41, 5.74) is 3.22. The lowest BCUT2D eigenvalue weighted by atomic mass is 9.72. The van der Waals surface area contributed by atoms with Gasteiger partial charge in [0.15, 0.2) is 23.0 Å². The van der Waals surface area contributed by atoms with Crippen molar-refractivity contribution in [3.05, 3.63) is 52.6 Å². The zero-order valence-electron chi connectivity index (χ0n) is 16.4. The number of carbonyl (C=O) groups is 1. The van der Waals surface area contributed by atoms with Crippen LogP contribution in [0.2, 0.25) is 0 Å². The van der Waals surface area contributed by atoms with Gasteiger partial charge in [0.2, 0.25) is 0 Å². The summed E-state index contributed by atoms with van der Waals surface area (Å²) in [7, 11) is 6.30. The molecule has 0 bridgehead atoms. The third-order valence-electron chi connectivity index (χ3n) is 5.18. The van der Waals surface area contributed by atoms with Crippen LogP contribution in [0.5, 0.6) is 23.0 Å². The number of ether oxygens (including phenoxy) is 4. The van der Waals surface area contributed by atoms with Crippen LogP contribution in [0.15, 0.2) is 35.9 Å². The van der Waals surface area contributed by atoms with Gasteiger partial charge in [-0.2, -0.15) is 0 Å². The maximum absolute atomic E-state index is 11.7. The number of aliphatic hydroxyl groups excluding tert-OH is 1. The lowest BCUT2D eigenvalue weighted by Gasteiger charge is -2.33. The highest BCUT2D eigenvalue weighted by atomic mass is 16.5. The van der Waals surface area contributed by atoms with Crippen molar-refractivity contribution >= 4 is 12.4 Å². The maximum Gasteiger partial charge on any atom is 0.161 e. The number of methoxy groups -OCH3 is 4. The van der Waals surface area contributed by atoms with Crippen LogP contribution in [0.4, 0.5) is 0 Å². The Labute approximate surface area is 164 Å². The summed E-state index contributed by atoms with van der Waals surface area (Å²) in [5.74, 6) is 1.72. The van der Waals surface area contributed by atoms with Crippen molar-refractivity contribution in [3.63, 3.8) is 0 Å². The van der Waals surface area contributed by atoms with E-state index in [2.05, 4.69) is 0 Å². The van der Waals surface area contributed by atoms with Crippen molar-refractivity contribution in [1.29, 1.82) is 0 Å². The molecule has 0 aliphatic heterocycles. The Hall–Kier alpha value is -2.99. The molecule has 0 fully saturated rings. The van der Waals surface area contributed by atoms with Crippen molar-refractivity contribution < 1.29 is 28.8 Å². The fourth-order valence-electron chi connectivity index (χ4n) is 3.79. The Morgan fingerprint density at radius 3 is 2.07 bits per heavy atom. The Bertz CT molecular complexity index is 902. The normalized spacial score (nSPS) is 18.0. The molecule has 0 amide bonds. The molecule has 1 unspecified atom stereocenters. The predicted molar refractivity (Wildman–Crippen MR) is 106 cm³/mol. The third-order valence-corrected chi connectivity index (χ3v) is 5.18. The number of benzene rings is 2. The van der Waals surface area contributed by atoms with Gasteiger partial charge in [-0.15, -0.1) is 0 Å². The van der Waals surface area contributed by atoms with E-state index in [1.54, 1.807) is 34.5 Å². The molecule has 0 heterocycles. The molecule has 0 aromatic heterocycles. The minimum atomic E-state index is -0.388. The molecular weight excluding hydrogens is 360 g/mol. The minimum Gasteiger partial charge on any atom is -0.493 e. The summed E-state index contributed by atoms with van der Waals surface area (Å²) < 4.78 is 21.6. The van der Waals surface area contributed by atoms with Crippen LogP contribution in [-0.2, 0) is 4.79 Å². The van der Waals surface area contributed by atoms with Gasteiger partial charge < -0.3 is 24.1 Å². The lowest BCUT2D eigenvalue weighted by molar-refractivity contribution is -0.105. The lowest BCUT2D eigenvalue weighted by Crippen LogP contribution is -2.25. The number of carbonyl (C=O) groups excluding carboxylic acids is 1. The first-order valence-electron chi connectivity index (χ1n) is 8.87. The molecule has 0 saturated carbocycles. The predicted octanol–water partition coefficient (Wildman–Crippen LogP) is 3.06. The molecule has 1 N–H and O–H groups in total. The van der Waals surface area contributed by atoms with Crippen molar-refractivity contribution in [3.8, 4) is 23.0 Å². The number of rotatable bonds is 7. The smallest absolute Gasteiger partial charge is 0.161 e. The van der Waals surface area contributed by atoms with E-state index >= 15 is 0 Å². The van der Waals surface area contributed by atoms with E-state index in [0.29, 0.717) is 28.6 Å². The van der Waals surface area contributed by atoms with E-state index in [0.717, 1.165) is 23.0 Å². The number of fused-ring (bicyclic) bond motifs is 1. The van der Waals surface area contributed by atoms with Crippen molar-refractivity contribution in [1.82, 2.24) is 0 Å². The standard InChI is InChI=1S/C22H24O6/c1-25-18-6-5-13(8-19(18)26-2)22-16-10-21(28-4)20(27-3)9-14(16)7-15(11-23)17(22)12-24/h5-11,17,22,24H,12H2,1-4H3/t17?,22-/m0/s1. The fraction of sp³-hybridized carbons (Fsp3) is 0.318. The molecule has 6 heteroatoms. The molecular formula is C22H24O6. The Kier molecular flexibility index (Phi) is 5.90. The Morgan fingerprint density at radius 1 is 0.893 bits per heavy atom. The number of hydrogen-bond acceptors (Lipinski definition) is 6. The van der Waals surface area contributed by atoms with Crippen LogP contribution < -0.4 is 18.9 Å². The van der Waals surface area contributed by atoms with Crippen LogP contribution in [-0.4, -0.2) is 46.4 Å². The highest BCUT2D eigenvalue weighted by Gasteiger charge is 2.34. The molecule has 0 radical (unpaired) electrons. The van der Waals surface area contributed by atoms with Crippen molar-refractivity contribution in [2.75, 3.05) is 35.0 Å². The fourth-order valence-corrected chi connectivity index (χ4v) is 3.79. The first-order chi connectivity index (χ1) is 13.6. The first kappa shape index (κ1) is 19.8. The summed E-state index contributed by atoms with van der Waals surface area (Å²) in [6.45, 7) is -0.169. The maximum atomic E-state index is 11.7. The second kappa shape index (κ2) is 8.35. The van der Waals surface area contributed by atoms with Gasteiger partial charge in [-0.1, -0.05) is 6.07 Å². The minimum absolute atomic E-state index is 0.169. The molecule has 0 spiro atoms. The van der Waals surface area contributed by atoms with Gasteiger partial charge in [-0.25, -0.2) is 0 Å². The van der Waals surface area contributed by atoms with Crippen molar-refractivity contribution in [2.24, 2.45) is 5.92 Å². The van der Waals surface area contributed by atoms with E-state index in [1.807, 2.05) is 30.3 Å². The number of aldehydes is 1. The molecule has 1 aliphatic rings. The van der Waals surface area contributed by atoms with Crippen LogP contribution in [0.1, 0.15) is 22.6 Å². The van der Waals surface area contributed by atoms with Crippen LogP contribution >= 0.6 is 0 Å². The van der Waals surface area contributed by atoms with Crippen LogP contribution in [0.25, 0.3) is 6.08 Å². The zero-order chi connectivity index (χ0) is 20.3.